The Hall–Kier alpha value is -3.66. The molecule has 0 fully saturated rings. The van der Waals surface area contributed by atoms with Crippen LogP contribution in [0.3, 0.4) is 0 Å². The molecule has 1 atom stereocenters. The van der Waals surface area contributed by atoms with Crippen LogP contribution in [0.4, 0.5) is 11.6 Å². The summed E-state index contributed by atoms with van der Waals surface area (Å²) in [4.78, 5) is 18.4. The summed E-state index contributed by atoms with van der Waals surface area (Å²) in [7, 11) is 3.18. The van der Waals surface area contributed by atoms with Gasteiger partial charge in [-0.15, -0.1) is 5.10 Å². The van der Waals surface area contributed by atoms with Gasteiger partial charge in [-0.25, -0.2) is 4.68 Å². The smallest absolute Gasteiger partial charge is 0.255 e. The number of allylic oxidation sites excluding steroid dienone is 1. The number of amides is 1. The molecule has 3 aromatic rings. The third kappa shape index (κ3) is 5.13. The first-order chi connectivity index (χ1) is 17.5. The molecule has 2 heterocycles. The van der Waals surface area contributed by atoms with E-state index >= 15 is 0 Å². The van der Waals surface area contributed by atoms with E-state index < -0.39 is 6.04 Å². The number of nitrogens with one attached hydrogen (secondary N) is 2. The summed E-state index contributed by atoms with van der Waals surface area (Å²) in [6.45, 7) is 6.38. The highest BCUT2D eigenvalue weighted by Crippen LogP contribution is 2.40. The van der Waals surface area contributed by atoms with E-state index in [1.165, 1.54) is 0 Å². The molecule has 10 heteroatoms. The molecule has 190 valence electrons. The van der Waals surface area contributed by atoms with E-state index in [1.54, 1.807) is 42.8 Å². The Labute approximate surface area is 215 Å². The highest BCUT2D eigenvalue weighted by Gasteiger charge is 2.35. The lowest BCUT2D eigenvalue weighted by atomic mass is 9.94. The number of hydrogen-bond acceptors (Lipinski definition) is 8. The van der Waals surface area contributed by atoms with Gasteiger partial charge in [-0.05, 0) is 50.1 Å². The Bertz CT molecular complexity index is 1270. The van der Waals surface area contributed by atoms with Crippen molar-refractivity contribution in [3.05, 3.63) is 59.3 Å². The molecule has 1 aromatic heterocycles. The maximum absolute atomic E-state index is 13.8. The number of methoxy groups -OCH3 is 2. The van der Waals surface area contributed by atoms with Crippen molar-refractivity contribution in [2.24, 2.45) is 0 Å². The van der Waals surface area contributed by atoms with E-state index in [9.17, 15) is 4.79 Å². The van der Waals surface area contributed by atoms with Crippen LogP contribution >= 0.6 is 11.8 Å². The minimum atomic E-state index is -0.537. The van der Waals surface area contributed by atoms with Crippen LogP contribution in [-0.2, 0) is 4.79 Å². The van der Waals surface area contributed by atoms with E-state index in [-0.39, 0.29) is 5.91 Å². The molecule has 9 nitrogen and oxygen atoms in total. The van der Waals surface area contributed by atoms with E-state index in [1.807, 2.05) is 44.2 Å². The summed E-state index contributed by atoms with van der Waals surface area (Å²) in [6.07, 6.45) is 1.01. The molecule has 1 amide bonds. The number of rotatable bonds is 10. The predicted octanol–water partition coefficient (Wildman–Crippen LogP) is 5.12. The number of carbonyl (C=O) groups excluding carboxylic acids is 1. The molecule has 36 heavy (non-hydrogen) atoms. The van der Waals surface area contributed by atoms with Crippen LogP contribution in [0.15, 0.2) is 58.9 Å². The molecule has 2 N–H and O–H groups in total. The summed E-state index contributed by atoms with van der Waals surface area (Å²) in [5, 5.41) is 11.7. The molecule has 0 spiro atoms. The first-order valence-electron chi connectivity index (χ1n) is 11.8. The van der Waals surface area contributed by atoms with Crippen LogP contribution in [0.5, 0.6) is 17.2 Å². The number of fused-ring (bicyclic) bond motifs is 1. The van der Waals surface area contributed by atoms with Crippen molar-refractivity contribution in [3.8, 4) is 17.2 Å². The van der Waals surface area contributed by atoms with Crippen molar-refractivity contribution < 1.29 is 19.0 Å². The predicted molar refractivity (Wildman–Crippen MR) is 141 cm³/mol. The van der Waals surface area contributed by atoms with Gasteiger partial charge >= 0.3 is 0 Å². The fraction of sp³-hybridized carbons (Fsp3) is 0.346. The fourth-order valence-corrected chi connectivity index (χ4v) is 4.74. The number of carbonyl (C=O) groups is 1. The second-order valence-corrected chi connectivity index (χ2v) is 9.14. The summed E-state index contributed by atoms with van der Waals surface area (Å²) in [5.74, 6) is 3.00. The van der Waals surface area contributed by atoms with Gasteiger partial charge in [0.2, 0.25) is 11.1 Å². The highest BCUT2D eigenvalue weighted by atomic mass is 32.2. The number of ether oxygens (including phenoxy) is 3. The van der Waals surface area contributed by atoms with Crippen molar-refractivity contribution in [1.82, 2.24) is 14.8 Å². The minimum Gasteiger partial charge on any atom is -0.495 e. The molecule has 0 saturated heterocycles. The number of anilines is 2. The Morgan fingerprint density at radius 3 is 2.61 bits per heavy atom. The zero-order valence-corrected chi connectivity index (χ0v) is 21.9. The van der Waals surface area contributed by atoms with Crippen molar-refractivity contribution in [2.75, 3.05) is 37.2 Å². The molecule has 0 saturated carbocycles. The highest BCUT2D eigenvalue weighted by molar-refractivity contribution is 7.99. The van der Waals surface area contributed by atoms with Crippen LogP contribution in [0.25, 0.3) is 0 Å². The van der Waals surface area contributed by atoms with E-state index in [2.05, 4.69) is 22.5 Å². The van der Waals surface area contributed by atoms with Gasteiger partial charge in [-0.2, -0.15) is 4.98 Å². The number of nitrogens with zero attached hydrogens (tertiary/aromatic N) is 3. The molecule has 2 aromatic carbocycles. The first kappa shape index (κ1) is 25.4. The van der Waals surface area contributed by atoms with Crippen molar-refractivity contribution in [3.63, 3.8) is 0 Å². The number of thioether (sulfide) groups is 1. The van der Waals surface area contributed by atoms with Crippen molar-refractivity contribution >= 4 is 29.3 Å². The monoisotopic (exact) mass is 509 g/mol. The second-order valence-electron chi connectivity index (χ2n) is 8.07. The number of aromatic nitrogens is 3. The SMILES string of the molecule is CCCSc1nc2n(n1)C(c1ccc(OC)c(OCC)c1)C(C(=O)Nc1ccccc1OC)=C(C)N2. The number of benzene rings is 2. The summed E-state index contributed by atoms with van der Waals surface area (Å²) in [5.41, 5.74) is 2.60. The average Bonchev–Trinajstić information content (AvgIpc) is 3.29. The quantitative estimate of drug-likeness (QED) is 0.363. The largest absolute Gasteiger partial charge is 0.495 e. The Morgan fingerprint density at radius 1 is 1.11 bits per heavy atom. The second kappa shape index (κ2) is 11.4. The average molecular weight is 510 g/mol. The minimum absolute atomic E-state index is 0.271. The molecule has 4 rings (SSSR count). The van der Waals surface area contributed by atoms with Crippen LogP contribution < -0.4 is 24.8 Å². The summed E-state index contributed by atoms with van der Waals surface area (Å²) in [6, 6.07) is 12.4. The van der Waals surface area contributed by atoms with Crippen LogP contribution in [-0.4, -0.2) is 47.3 Å². The molecule has 0 aliphatic carbocycles. The molecule has 1 aliphatic rings. The summed E-state index contributed by atoms with van der Waals surface area (Å²) >= 11 is 1.58. The zero-order chi connectivity index (χ0) is 25.7. The van der Waals surface area contributed by atoms with Gasteiger partial charge in [0.25, 0.3) is 5.91 Å². The van der Waals surface area contributed by atoms with Crippen LogP contribution in [0.1, 0.15) is 38.8 Å². The Kier molecular flexibility index (Phi) is 8.04. The van der Waals surface area contributed by atoms with Crippen LogP contribution in [0, 0.1) is 0 Å². The van der Waals surface area contributed by atoms with Gasteiger partial charge < -0.3 is 24.8 Å². The maximum Gasteiger partial charge on any atom is 0.255 e. The molecule has 0 bridgehead atoms. The first-order valence-corrected chi connectivity index (χ1v) is 12.8. The number of hydrogen-bond donors (Lipinski definition) is 2. The summed E-state index contributed by atoms with van der Waals surface area (Å²) < 4.78 is 18.5. The lowest BCUT2D eigenvalue weighted by Crippen LogP contribution is -2.31. The van der Waals surface area contributed by atoms with Crippen molar-refractivity contribution in [1.29, 1.82) is 0 Å². The van der Waals surface area contributed by atoms with Crippen molar-refractivity contribution in [2.45, 2.75) is 38.4 Å². The topological polar surface area (TPSA) is 99.5 Å². The standard InChI is InChI=1S/C26H31N5O4S/c1-6-14-36-26-29-25-27-16(3)22(24(32)28-18-10-8-9-11-19(18)33-4)23(31(25)30-26)17-12-13-20(34-5)21(15-17)35-7-2/h8-13,15,23H,6-7,14H2,1-5H3,(H,28,32)(H,27,29,30). The fourth-order valence-electron chi connectivity index (χ4n) is 4.06. The Balaban J connectivity index is 1.81. The van der Waals surface area contributed by atoms with E-state index in [4.69, 9.17) is 19.3 Å². The zero-order valence-electron chi connectivity index (χ0n) is 21.1. The van der Waals surface area contributed by atoms with Gasteiger partial charge in [-0.1, -0.05) is 36.9 Å². The van der Waals surface area contributed by atoms with Gasteiger partial charge in [-0.3, -0.25) is 4.79 Å². The van der Waals surface area contributed by atoms with Crippen LogP contribution in [0.2, 0.25) is 0 Å². The molecule has 1 unspecified atom stereocenters. The third-order valence-corrected chi connectivity index (χ3v) is 6.72. The molecular formula is C26H31N5O4S. The molecular weight excluding hydrogens is 478 g/mol. The molecule has 1 aliphatic heterocycles. The van der Waals surface area contributed by atoms with Gasteiger partial charge in [0, 0.05) is 11.4 Å². The molecule has 0 radical (unpaired) electrons. The van der Waals surface area contributed by atoms with Gasteiger partial charge in [0.1, 0.15) is 11.8 Å². The van der Waals surface area contributed by atoms with E-state index in [0.29, 0.717) is 51.9 Å². The lowest BCUT2D eigenvalue weighted by Gasteiger charge is -2.29. The lowest BCUT2D eigenvalue weighted by molar-refractivity contribution is -0.113. The van der Waals surface area contributed by atoms with E-state index in [0.717, 1.165) is 17.7 Å². The third-order valence-electron chi connectivity index (χ3n) is 5.67. The number of para-hydroxylation sites is 2. The Morgan fingerprint density at radius 2 is 1.89 bits per heavy atom. The van der Waals surface area contributed by atoms with Gasteiger partial charge in [0.15, 0.2) is 11.5 Å². The van der Waals surface area contributed by atoms with Gasteiger partial charge in [0.05, 0.1) is 32.1 Å². The normalized spacial score (nSPS) is 14.6. The maximum atomic E-state index is 13.8.